The Morgan fingerprint density at radius 2 is 2.00 bits per heavy atom. The molecule has 1 N–H and O–H groups in total. The minimum atomic E-state index is -1.18. The van der Waals surface area contributed by atoms with Crippen molar-refractivity contribution in [2.75, 3.05) is 6.61 Å². The van der Waals surface area contributed by atoms with E-state index in [2.05, 4.69) is 9.78 Å². The van der Waals surface area contributed by atoms with Crippen LogP contribution in [0, 0.1) is 5.92 Å². The van der Waals surface area contributed by atoms with Crippen molar-refractivity contribution in [3.8, 4) is 0 Å². The molecule has 0 heterocycles. The lowest BCUT2D eigenvalue weighted by molar-refractivity contribution is -0.276. The Hall–Kier alpha value is -1.10. The van der Waals surface area contributed by atoms with E-state index in [0.29, 0.717) is 6.61 Å². The third kappa shape index (κ3) is 4.81. The highest BCUT2D eigenvalue weighted by Crippen LogP contribution is 2.05. The summed E-state index contributed by atoms with van der Waals surface area (Å²) in [7, 11) is 0. The van der Waals surface area contributed by atoms with E-state index in [4.69, 9.17) is 5.11 Å². The smallest absolute Gasteiger partial charge is 0.356 e. The Labute approximate surface area is 82.9 Å². The lowest BCUT2D eigenvalue weighted by atomic mass is 10.1. The van der Waals surface area contributed by atoms with E-state index in [9.17, 15) is 9.59 Å². The number of carboxylic acids is 1. The van der Waals surface area contributed by atoms with Gasteiger partial charge in [-0.05, 0) is 12.8 Å². The summed E-state index contributed by atoms with van der Waals surface area (Å²) >= 11 is 0. The fourth-order valence-electron chi connectivity index (χ4n) is 0.803. The van der Waals surface area contributed by atoms with Crippen LogP contribution < -0.4 is 0 Å². The molecule has 0 saturated carbocycles. The molecule has 5 heteroatoms. The molecule has 82 valence electrons. The van der Waals surface area contributed by atoms with Gasteiger partial charge < -0.3 is 5.11 Å². The summed E-state index contributed by atoms with van der Waals surface area (Å²) in [4.78, 5) is 30.4. The topological polar surface area (TPSA) is 72.8 Å². The zero-order valence-corrected chi connectivity index (χ0v) is 8.49. The van der Waals surface area contributed by atoms with Gasteiger partial charge in [-0.2, -0.15) is 4.89 Å². The van der Waals surface area contributed by atoms with E-state index < -0.39 is 17.9 Å². The van der Waals surface area contributed by atoms with Gasteiger partial charge >= 0.3 is 11.9 Å². The van der Waals surface area contributed by atoms with Crippen molar-refractivity contribution >= 4 is 11.9 Å². The Morgan fingerprint density at radius 1 is 1.36 bits per heavy atom. The van der Waals surface area contributed by atoms with Crippen LogP contribution in [-0.4, -0.2) is 23.7 Å². The van der Waals surface area contributed by atoms with Gasteiger partial charge in [-0.3, -0.25) is 9.68 Å². The second kappa shape index (κ2) is 7.32. The summed E-state index contributed by atoms with van der Waals surface area (Å²) in [5, 5.41) is 8.59. The summed E-state index contributed by atoms with van der Waals surface area (Å²) < 4.78 is 0. The van der Waals surface area contributed by atoms with Crippen molar-refractivity contribution in [1.29, 1.82) is 0 Å². The number of carbonyl (C=O) groups is 2. The molecule has 0 aliphatic rings. The average molecular weight is 204 g/mol. The number of hydrogen-bond acceptors (Lipinski definition) is 4. The SMILES string of the molecule is CCCCOOC(=O)C(CC)C(=O)O. The van der Waals surface area contributed by atoms with E-state index in [1.807, 2.05) is 6.92 Å². The Balaban J connectivity index is 3.76. The summed E-state index contributed by atoms with van der Waals surface area (Å²) in [5.41, 5.74) is 0. The van der Waals surface area contributed by atoms with Gasteiger partial charge in [0.1, 0.15) is 0 Å². The summed E-state index contributed by atoms with van der Waals surface area (Å²) in [6.45, 7) is 3.88. The van der Waals surface area contributed by atoms with Gasteiger partial charge in [0.2, 0.25) is 0 Å². The monoisotopic (exact) mass is 204 g/mol. The minimum absolute atomic E-state index is 0.200. The first-order chi connectivity index (χ1) is 6.63. The summed E-state index contributed by atoms with van der Waals surface area (Å²) in [6.07, 6.45) is 1.90. The first-order valence-electron chi connectivity index (χ1n) is 4.69. The maximum absolute atomic E-state index is 11.1. The highest BCUT2D eigenvalue weighted by atomic mass is 17.2. The number of hydrogen-bond donors (Lipinski definition) is 1. The Morgan fingerprint density at radius 3 is 2.43 bits per heavy atom. The highest BCUT2D eigenvalue weighted by molar-refractivity contribution is 5.93. The fraction of sp³-hybridized carbons (Fsp3) is 0.778. The summed E-state index contributed by atoms with van der Waals surface area (Å²) in [5.74, 6) is -3.15. The molecule has 1 atom stereocenters. The maximum Gasteiger partial charge on any atom is 0.356 e. The number of carboxylic acid groups (broad SMARTS) is 1. The molecule has 0 spiro atoms. The van der Waals surface area contributed by atoms with Gasteiger partial charge in [-0.15, -0.1) is 0 Å². The standard InChI is InChI=1S/C9H16O5/c1-3-5-6-13-14-9(12)7(4-2)8(10)11/h7H,3-6H2,1-2H3,(H,10,11). The molecule has 0 saturated heterocycles. The molecule has 0 aromatic rings. The Bertz CT molecular complexity index is 190. The number of unbranched alkanes of at least 4 members (excludes halogenated alkanes) is 1. The average Bonchev–Trinajstić information content (AvgIpc) is 2.13. The van der Waals surface area contributed by atoms with Crippen molar-refractivity contribution in [3.05, 3.63) is 0 Å². The minimum Gasteiger partial charge on any atom is -0.481 e. The van der Waals surface area contributed by atoms with Crippen LogP contribution in [0.2, 0.25) is 0 Å². The van der Waals surface area contributed by atoms with Gasteiger partial charge in [-0.1, -0.05) is 20.3 Å². The van der Waals surface area contributed by atoms with Gasteiger partial charge in [0.15, 0.2) is 5.92 Å². The van der Waals surface area contributed by atoms with Crippen LogP contribution in [0.5, 0.6) is 0 Å². The molecular weight excluding hydrogens is 188 g/mol. The van der Waals surface area contributed by atoms with Crippen LogP contribution >= 0.6 is 0 Å². The second-order valence-corrected chi connectivity index (χ2v) is 2.88. The quantitative estimate of drug-likeness (QED) is 0.293. The summed E-state index contributed by atoms with van der Waals surface area (Å²) in [6, 6.07) is 0. The molecule has 0 fully saturated rings. The molecule has 0 amide bonds. The van der Waals surface area contributed by atoms with E-state index in [0.717, 1.165) is 12.8 Å². The molecule has 0 bridgehead atoms. The third-order valence-electron chi connectivity index (χ3n) is 1.71. The van der Waals surface area contributed by atoms with Crippen LogP contribution in [0.25, 0.3) is 0 Å². The van der Waals surface area contributed by atoms with Crippen LogP contribution in [0.1, 0.15) is 33.1 Å². The van der Waals surface area contributed by atoms with E-state index >= 15 is 0 Å². The van der Waals surface area contributed by atoms with Crippen LogP contribution in [0.3, 0.4) is 0 Å². The van der Waals surface area contributed by atoms with Gasteiger partial charge in [-0.25, -0.2) is 4.79 Å². The lowest BCUT2D eigenvalue weighted by Crippen LogP contribution is -2.25. The van der Waals surface area contributed by atoms with Gasteiger partial charge in [0, 0.05) is 0 Å². The zero-order chi connectivity index (χ0) is 11.0. The predicted molar refractivity (Wildman–Crippen MR) is 48.4 cm³/mol. The predicted octanol–water partition coefficient (Wildman–Crippen LogP) is 1.37. The molecule has 1 unspecified atom stereocenters. The second-order valence-electron chi connectivity index (χ2n) is 2.88. The number of aliphatic carboxylic acids is 1. The molecule has 0 aromatic carbocycles. The molecule has 0 radical (unpaired) electrons. The van der Waals surface area contributed by atoms with Crippen LogP contribution in [-0.2, 0) is 19.4 Å². The van der Waals surface area contributed by atoms with Crippen molar-refractivity contribution in [2.24, 2.45) is 5.92 Å². The molecule has 14 heavy (non-hydrogen) atoms. The molecule has 0 aromatic heterocycles. The maximum atomic E-state index is 11.1. The van der Waals surface area contributed by atoms with E-state index in [-0.39, 0.29) is 6.42 Å². The normalized spacial score (nSPS) is 12.1. The molecule has 0 aliphatic carbocycles. The van der Waals surface area contributed by atoms with Crippen LogP contribution in [0.4, 0.5) is 0 Å². The van der Waals surface area contributed by atoms with Crippen molar-refractivity contribution in [1.82, 2.24) is 0 Å². The molecule has 5 nitrogen and oxygen atoms in total. The fourth-order valence-corrected chi connectivity index (χ4v) is 0.803. The zero-order valence-electron chi connectivity index (χ0n) is 8.49. The van der Waals surface area contributed by atoms with Crippen molar-refractivity contribution in [3.63, 3.8) is 0 Å². The van der Waals surface area contributed by atoms with Crippen LogP contribution in [0.15, 0.2) is 0 Å². The van der Waals surface area contributed by atoms with Crippen molar-refractivity contribution in [2.45, 2.75) is 33.1 Å². The van der Waals surface area contributed by atoms with Gasteiger partial charge in [0.25, 0.3) is 0 Å². The number of rotatable bonds is 7. The molecular formula is C9H16O5. The highest BCUT2D eigenvalue weighted by Gasteiger charge is 2.26. The molecule has 0 aliphatic heterocycles. The molecule has 0 rings (SSSR count). The van der Waals surface area contributed by atoms with E-state index in [1.165, 1.54) is 0 Å². The van der Waals surface area contributed by atoms with Gasteiger partial charge in [0.05, 0.1) is 6.61 Å². The first kappa shape index (κ1) is 12.9. The van der Waals surface area contributed by atoms with Crippen molar-refractivity contribution < 1.29 is 24.5 Å². The third-order valence-corrected chi connectivity index (χ3v) is 1.71. The van der Waals surface area contributed by atoms with E-state index in [1.54, 1.807) is 6.92 Å². The number of carbonyl (C=O) groups excluding carboxylic acids is 1. The largest absolute Gasteiger partial charge is 0.481 e. The Kier molecular flexibility index (Phi) is 6.74. The lowest BCUT2D eigenvalue weighted by Gasteiger charge is -2.07. The first-order valence-corrected chi connectivity index (χ1v) is 4.69.